The Morgan fingerprint density at radius 2 is 1.81 bits per heavy atom. The monoisotopic (exact) mass is 216 g/mol. The van der Waals surface area contributed by atoms with Crippen LogP contribution in [-0.2, 0) is 5.41 Å². The van der Waals surface area contributed by atoms with Gasteiger partial charge in [-0.25, -0.2) is 0 Å². The molecule has 0 amide bonds. The Morgan fingerprint density at radius 3 is 2.25 bits per heavy atom. The van der Waals surface area contributed by atoms with Crippen LogP contribution >= 0.6 is 0 Å². The van der Waals surface area contributed by atoms with E-state index in [1.165, 1.54) is 24.0 Å². The maximum Gasteiger partial charge on any atom is 0.159 e. The van der Waals surface area contributed by atoms with E-state index in [0.717, 1.165) is 5.56 Å². The third-order valence-electron chi connectivity index (χ3n) is 3.28. The normalized spacial score (nSPS) is 16.2. The first-order chi connectivity index (χ1) is 7.38. The first-order valence-electron chi connectivity index (χ1n) is 6.04. The lowest BCUT2D eigenvalue weighted by Crippen LogP contribution is -2.12. The maximum atomic E-state index is 11.5. The van der Waals surface area contributed by atoms with Crippen LogP contribution in [0, 0.1) is 0 Å². The third kappa shape index (κ3) is 2.34. The summed E-state index contributed by atoms with van der Waals surface area (Å²) in [5.74, 6) is 0.883. The standard InChI is InChI=1S/C15H20O/c1-10(16)12-7-13(11-5-6-11)9-14(8-12)15(2,3)4/h7-9,11H,5-6H2,1-4H3. The summed E-state index contributed by atoms with van der Waals surface area (Å²) in [4.78, 5) is 11.5. The van der Waals surface area contributed by atoms with Gasteiger partial charge in [0.1, 0.15) is 0 Å². The topological polar surface area (TPSA) is 17.1 Å². The van der Waals surface area contributed by atoms with E-state index in [4.69, 9.17) is 0 Å². The Kier molecular flexibility index (Phi) is 2.65. The van der Waals surface area contributed by atoms with Crippen molar-refractivity contribution in [3.8, 4) is 0 Å². The van der Waals surface area contributed by atoms with Crippen LogP contribution < -0.4 is 0 Å². The predicted octanol–water partition coefficient (Wildman–Crippen LogP) is 4.06. The van der Waals surface area contributed by atoms with Crippen molar-refractivity contribution in [1.29, 1.82) is 0 Å². The number of rotatable bonds is 2. The summed E-state index contributed by atoms with van der Waals surface area (Å²) in [6.45, 7) is 8.24. The Hall–Kier alpha value is -1.11. The highest BCUT2D eigenvalue weighted by Crippen LogP contribution is 2.41. The Labute approximate surface area is 97.9 Å². The van der Waals surface area contributed by atoms with E-state index in [1.807, 2.05) is 6.07 Å². The summed E-state index contributed by atoms with van der Waals surface area (Å²) < 4.78 is 0. The molecule has 1 aromatic carbocycles. The van der Waals surface area contributed by atoms with Crippen molar-refractivity contribution < 1.29 is 4.79 Å². The lowest BCUT2D eigenvalue weighted by molar-refractivity contribution is 0.101. The van der Waals surface area contributed by atoms with Crippen LogP contribution in [0.5, 0.6) is 0 Å². The van der Waals surface area contributed by atoms with Crippen LogP contribution in [-0.4, -0.2) is 5.78 Å². The zero-order valence-electron chi connectivity index (χ0n) is 10.6. The molecule has 0 radical (unpaired) electrons. The minimum Gasteiger partial charge on any atom is -0.295 e. The SMILES string of the molecule is CC(=O)c1cc(C2CC2)cc(C(C)(C)C)c1. The van der Waals surface area contributed by atoms with Gasteiger partial charge in [-0.3, -0.25) is 4.79 Å². The number of carbonyl (C=O) groups excluding carboxylic acids is 1. The van der Waals surface area contributed by atoms with Gasteiger partial charge in [0.2, 0.25) is 0 Å². The molecule has 2 rings (SSSR count). The van der Waals surface area contributed by atoms with Gasteiger partial charge < -0.3 is 0 Å². The van der Waals surface area contributed by atoms with E-state index in [9.17, 15) is 4.79 Å². The number of ketones is 1. The lowest BCUT2D eigenvalue weighted by Gasteiger charge is -2.21. The molecular weight excluding hydrogens is 196 g/mol. The van der Waals surface area contributed by atoms with Gasteiger partial charge in [-0.15, -0.1) is 0 Å². The van der Waals surface area contributed by atoms with Gasteiger partial charge in [-0.2, -0.15) is 0 Å². The fourth-order valence-electron chi connectivity index (χ4n) is 1.94. The number of benzene rings is 1. The molecule has 16 heavy (non-hydrogen) atoms. The van der Waals surface area contributed by atoms with Gasteiger partial charge in [-0.05, 0) is 54.4 Å². The van der Waals surface area contributed by atoms with Crippen LogP contribution in [0.4, 0.5) is 0 Å². The molecule has 0 spiro atoms. The summed E-state index contributed by atoms with van der Waals surface area (Å²) in [6.07, 6.45) is 2.57. The number of hydrogen-bond acceptors (Lipinski definition) is 1. The molecule has 0 aromatic heterocycles. The van der Waals surface area contributed by atoms with Gasteiger partial charge >= 0.3 is 0 Å². The number of carbonyl (C=O) groups is 1. The molecule has 0 aliphatic heterocycles. The second-order valence-corrected chi connectivity index (χ2v) is 5.92. The zero-order valence-corrected chi connectivity index (χ0v) is 10.6. The predicted molar refractivity (Wildman–Crippen MR) is 67.1 cm³/mol. The Bertz CT molecular complexity index is 420. The molecule has 0 atom stereocenters. The molecular formula is C15H20O. The van der Waals surface area contributed by atoms with Crippen molar-refractivity contribution in [2.24, 2.45) is 0 Å². The molecule has 1 heteroatoms. The Balaban J connectivity index is 2.48. The highest BCUT2D eigenvalue weighted by Gasteiger charge is 2.26. The van der Waals surface area contributed by atoms with Crippen molar-refractivity contribution in [2.75, 3.05) is 0 Å². The third-order valence-corrected chi connectivity index (χ3v) is 3.28. The minimum absolute atomic E-state index is 0.120. The molecule has 1 aliphatic carbocycles. The van der Waals surface area contributed by atoms with Crippen LogP contribution in [0.25, 0.3) is 0 Å². The van der Waals surface area contributed by atoms with E-state index < -0.39 is 0 Å². The van der Waals surface area contributed by atoms with Crippen LogP contribution in [0.15, 0.2) is 18.2 Å². The summed E-state index contributed by atoms with van der Waals surface area (Å²) >= 11 is 0. The molecule has 1 aliphatic rings. The molecule has 86 valence electrons. The van der Waals surface area contributed by atoms with Crippen molar-refractivity contribution >= 4 is 5.78 Å². The number of hydrogen-bond donors (Lipinski definition) is 0. The van der Waals surface area contributed by atoms with Gasteiger partial charge in [0.15, 0.2) is 5.78 Å². The highest BCUT2D eigenvalue weighted by atomic mass is 16.1. The van der Waals surface area contributed by atoms with Crippen LogP contribution in [0.2, 0.25) is 0 Å². The van der Waals surface area contributed by atoms with E-state index in [-0.39, 0.29) is 11.2 Å². The molecule has 1 aromatic rings. The Morgan fingerprint density at radius 1 is 1.19 bits per heavy atom. The lowest BCUT2D eigenvalue weighted by atomic mass is 9.84. The van der Waals surface area contributed by atoms with Gasteiger partial charge in [-0.1, -0.05) is 26.8 Å². The quantitative estimate of drug-likeness (QED) is 0.681. The first-order valence-corrected chi connectivity index (χ1v) is 6.04. The summed E-state index contributed by atoms with van der Waals surface area (Å²) in [6, 6.07) is 6.41. The highest BCUT2D eigenvalue weighted by molar-refractivity contribution is 5.94. The second kappa shape index (κ2) is 3.73. The zero-order chi connectivity index (χ0) is 11.9. The summed E-state index contributed by atoms with van der Waals surface area (Å²) in [5, 5.41) is 0. The van der Waals surface area contributed by atoms with Crippen LogP contribution in [0.3, 0.4) is 0 Å². The van der Waals surface area contributed by atoms with Gasteiger partial charge in [0.25, 0.3) is 0 Å². The first kappa shape index (κ1) is 11.4. The van der Waals surface area contributed by atoms with Crippen molar-refractivity contribution in [1.82, 2.24) is 0 Å². The van der Waals surface area contributed by atoms with Crippen molar-refractivity contribution in [3.05, 3.63) is 34.9 Å². The molecule has 0 unspecified atom stereocenters. The van der Waals surface area contributed by atoms with Gasteiger partial charge in [0, 0.05) is 5.56 Å². The van der Waals surface area contributed by atoms with E-state index in [2.05, 4.69) is 32.9 Å². The fourth-order valence-corrected chi connectivity index (χ4v) is 1.94. The van der Waals surface area contributed by atoms with Crippen molar-refractivity contribution in [2.45, 2.75) is 51.9 Å². The molecule has 1 saturated carbocycles. The fraction of sp³-hybridized carbons (Fsp3) is 0.533. The molecule has 0 N–H and O–H groups in total. The summed E-state index contributed by atoms with van der Waals surface area (Å²) in [7, 11) is 0. The molecule has 0 bridgehead atoms. The average Bonchev–Trinajstić information content (AvgIpc) is 2.98. The largest absolute Gasteiger partial charge is 0.295 e. The van der Waals surface area contributed by atoms with Crippen LogP contribution in [0.1, 0.15) is 67.9 Å². The minimum atomic E-state index is 0.120. The molecule has 0 saturated heterocycles. The maximum absolute atomic E-state index is 11.5. The van der Waals surface area contributed by atoms with E-state index >= 15 is 0 Å². The summed E-state index contributed by atoms with van der Waals surface area (Å²) in [5.41, 5.74) is 3.63. The molecule has 0 heterocycles. The van der Waals surface area contributed by atoms with E-state index in [0.29, 0.717) is 5.92 Å². The second-order valence-electron chi connectivity index (χ2n) is 5.92. The van der Waals surface area contributed by atoms with E-state index in [1.54, 1.807) is 6.92 Å². The molecule has 1 fully saturated rings. The number of Topliss-reactive ketones (excluding diaryl/α,β-unsaturated/α-hetero) is 1. The van der Waals surface area contributed by atoms with Crippen molar-refractivity contribution in [3.63, 3.8) is 0 Å². The molecule has 1 nitrogen and oxygen atoms in total. The van der Waals surface area contributed by atoms with Gasteiger partial charge in [0.05, 0.1) is 0 Å². The smallest absolute Gasteiger partial charge is 0.159 e. The average molecular weight is 216 g/mol.